The molecule has 0 unspecified atom stereocenters. The van der Waals surface area contributed by atoms with Crippen LogP contribution >= 0.6 is 0 Å². The Hall–Kier alpha value is -4.85. The second kappa shape index (κ2) is 8.49. The van der Waals surface area contributed by atoms with Gasteiger partial charge in [0.25, 0.3) is 23.3 Å². The van der Waals surface area contributed by atoms with E-state index in [0.717, 1.165) is 16.0 Å². The molecule has 0 saturated heterocycles. The maximum Gasteiger partial charge on any atom is 0.266 e. The van der Waals surface area contributed by atoms with Crippen LogP contribution in [0.3, 0.4) is 0 Å². The fourth-order valence-corrected chi connectivity index (χ4v) is 4.04. The zero-order valence-electron chi connectivity index (χ0n) is 19.0. The van der Waals surface area contributed by atoms with Crippen molar-refractivity contribution >= 4 is 29.1 Å². The number of carbonyl (C=O) groups excluding carboxylic acids is 3. The van der Waals surface area contributed by atoms with Crippen molar-refractivity contribution in [1.82, 2.24) is 10.2 Å². The molecule has 8 heteroatoms. The van der Waals surface area contributed by atoms with Crippen molar-refractivity contribution in [3.05, 3.63) is 111 Å². The molecule has 0 atom stereocenters. The molecule has 172 valence electrons. The fraction of sp³-hybridized carbons (Fsp3) is 0.0741. The Morgan fingerprint density at radius 1 is 0.857 bits per heavy atom. The minimum Gasteiger partial charge on any atom is -0.322 e. The van der Waals surface area contributed by atoms with E-state index in [1.807, 2.05) is 19.9 Å². The van der Waals surface area contributed by atoms with Crippen molar-refractivity contribution in [2.75, 3.05) is 10.2 Å². The van der Waals surface area contributed by atoms with Gasteiger partial charge in [0.1, 0.15) is 0 Å². The van der Waals surface area contributed by atoms with Crippen LogP contribution in [0.4, 0.5) is 11.4 Å². The second-order valence-electron chi connectivity index (χ2n) is 8.27. The zero-order valence-corrected chi connectivity index (χ0v) is 19.0. The summed E-state index contributed by atoms with van der Waals surface area (Å²) in [6.07, 6.45) is 0. The van der Waals surface area contributed by atoms with Crippen LogP contribution in [0.15, 0.2) is 77.6 Å². The van der Waals surface area contributed by atoms with Crippen LogP contribution in [0.2, 0.25) is 0 Å². The highest BCUT2D eigenvalue weighted by molar-refractivity contribution is 6.35. The molecule has 5 rings (SSSR count). The van der Waals surface area contributed by atoms with E-state index in [1.165, 1.54) is 24.3 Å². The molecule has 4 aromatic rings. The lowest BCUT2D eigenvalue weighted by atomic mass is 10.0. The minimum atomic E-state index is -0.459. The molecule has 8 nitrogen and oxygen atoms in total. The monoisotopic (exact) mass is 464 g/mol. The highest BCUT2D eigenvalue weighted by Gasteiger charge is 2.37. The number of benzene rings is 3. The summed E-state index contributed by atoms with van der Waals surface area (Å²) < 4.78 is 0. The van der Waals surface area contributed by atoms with Gasteiger partial charge in [0.2, 0.25) is 0 Å². The summed E-state index contributed by atoms with van der Waals surface area (Å²) in [5.74, 6) is -1.30. The van der Waals surface area contributed by atoms with Crippen molar-refractivity contribution in [2.24, 2.45) is 0 Å². The number of anilines is 2. The summed E-state index contributed by atoms with van der Waals surface area (Å²) in [7, 11) is 0. The van der Waals surface area contributed by atoms with E-state index in [1.54, 1.807) is 42.5 Å². The molecule has 35 heavy (non-hydrogen) atoms. The van der Waals surface area contributed by atoms with E-state index in [2.05, 4.69) is 15.5 Å². The molecular weight excluding hydrogens is 444 g/mol. The van der Waals surface area contributed by atoms with Crippen molar-refractivity contribution in [3.63, 3.8) is 0 Å². The van der Waals surface area contributed by atoms with Crippen LogP contribution in [-0.4, -0.2) is 27.9 Å². The number of aryl methyl sites for hydroxylation is 1. The Morgan fingerprint density at radius 3 is 2.40 bits per heavy atom. The van der Waals surface area contributed by atoms with E-state index in [9.17, 15) is 19.2 Å². The standard InChI is InChI=1S/C27H20N4O4/c1-15-5-3-8-23(16(15)2)31-26(34)20-10-9-18(14-21(20)27(31)35)25(33)28-19-7-4-6-17(13-19)22-11-12-24(32)30-29-22/h3-14H,1-2H3,(H,28,33)(H,30,32). The Morgan fingerprint density at radius 2 is 1.63 bits per heavy atom. The molecule has 0 fully saturated rings. The van der Waals surface area contributed by atoms with Crippen LogP contribution in [0.25, 0.3) is 11.3 Å². The number of hydrogen-bond donors (Lipinski definition) is 2. The molecule has 2 N–H and O–H groups in total. The third-order valence-electron chi connectivity index (χ3n) is 6.06. The highest BCUT2D eigenvalue weighted by atomic mass is 16.2. The average molecular weight is 464 g/mol. The Labute approximate surface area is 200 Å². The first-order chi connectivity index (χ1) is 16.8. The van der Waals surface area contributed by atoms with Crippen LogP contribution in [0.5, 0.6) is 0 Å². The quantitative estimate of drug-likeness (QED) is 0.442. The summed E-state index contributed by atoms with van der Waals surface area (Å²) in [4.78, 5) is 51.6. The van der Waals surface area contributed by atoms with Crippen molar-refractivity contribution in [1.29, 1.82) is 0 Å². The molecule has 1 aliphatic heterocycles. The van der Waals surface area contributed by atoms with Crippen molar-refractivity contribution in [2.45, 2.75) is 13.8 Å². The Kier molecular flexibility index (Phi) is 5.33. The predicted molar refractivity (Wildman–Crippen MR) is 132 cm³/mol. The fourth-order valence-electron chi connectivity index (χ4n) is 4.04. The van der Waals surface area contributed by atoms with Crippen LogP contribution in [-0.2, 0) is 0 Å². The molecule has 3 amide bonds. The van der Waals surface area contributed by atoms with Gasteiger partial charge in [-0.25, -0.2) is 10.00 Å². The largest absolute Gasteiger partial charge is 0.322 e. The zero-order chi connectivity index (χ0) is 24.7. The lowest BCUT2D eigenvalue weighted by molar-refractivity contribution is 0.0925. The van der Waals surface area contributed by atoms with Crippen LogP contribution in [0.1, 0.15) is 42.2 Å². The van der Waals surface area contributed by atoms with Gasteiger partial charge in [0, 0.05) is 22.9 Å². The maximum absolute atomic E-state index is 13.2. The molecule has 2 heterocycles. The lowest BCUT2D eigenvalue weighted by Gasteiger charge is -2.17. The molecular formula is C27H20N4O4. The third-order valence-corrected chi connectivity index (χ3v) is 6.06. The Balaban J connectivity index is 1.41. The number of carbonyl (C=O) groups is 3. The average Bonchev–Trinajstić information content (AvgIpc) is 3.11. The molecule has 3 aromatic carbocycles. The van der Waals surface area contributed by atoms with Gasteiger partial charge < -0.3 is 5.32 Å². The first kappa shape index (κ1) is 22.0. The number of nitrogens with one attached hydrogen (secondary N) is 2. The number of fused-ring (bicyclic) bond motifs is 1. The van der Waals surface area contributed by atoms with E-state index < -0.39 is 17.7 Å². The van der Waals surface area contributed by atoms with Gasteiger partial charge in [0.05, 0.1) is 22.5 Å². The number of hydrogen-bond acceptors (Lipinski definition) is 5. The van der Waals surface area contributed by atoms with E-state index in [-0.39, 0.29) is 22.2 Å². The number of amides is 3. The van der Waals surface area contributed by atoms with Gasteiger partial charge >= 0.3 is 0 Å². The van der Waals surface area contributed by atoms with E-state index in [0.29, 0.717) is 22.6 Å². The predicted octanol–water partition coefficient (Wildman–Crippen LogP) is 4.11. The minimum absolute atomic E-state index is 0.190. The normalized spacial score (nSPS) is 12.6. The third kappa shape index (κ3) is 3.91. The summed E-state index contributed by atoms with van der Waals surface area (Å²) in [6, 6.07) is 19.9. The van der Waals surface area contributed by atoms with Gasteiger partial charge in [-0.15, -0.1) is 0 Å². The summed E-state index contributed by atoms with van der Waals surface area (Å²) in [5.41, 5.74) is 4.52. The number of aromatic nitrogens is 2. The van der Waals surface area contributed by atoms with Crippen LogP contribution < -0.4 is 15.8 Å². The number of H-pyrrole nitrogens is 1. The molecule has 0 spiro atoms. The molecule has 0 aliphatic carbocycles. The lowest BCUT2D eigenvalue weighted by Crippen LogP contribution is -2.30. The smallest absolute Gasteiger partial charge is 0.266 e. The van der Waals surface area contributed by atoms with E-state index >= 15 is 0 Å². The van der Waals surface area contributed by atoms with E-state index in [4.69, 9.17) is 0 Å². The summed E-state index contributed by atoms with van der Waals surface area (Å²) >= 11 is 0. The summed E-state index contributed by atoms with van der Waals surface area (Å²) in [5, 5.41) is 9.19. The number of rotatable bonds is 4. The molecule has 0 saturated carbocycles. The Bertz CT molecular complexity index is 1570. The maximum atomic E-state index is 13.2. The SMILES string of the molecule is Cc1cccc(N2C(=O)c3ccc(C(=O)Nc4cccc(-c5ccc(=O)[nH]n5)c4)cc3C2=O)c1C. The number of imide groups is 1. The van der Waals surface area contributed by atoms with Gasteiger partial charge in [-0.05, 0) is 67.4 Å². The number of nitrogens with zero attached hydrogens (tertiary/aromatic N) is 2. The molecule has 0 bridgehead atoms. The molecule has 1 aliphatic rings. The topological polar surface area (TPSA) is 112 Å². The first-order valence-electron chi connectivity index (χ1n) is 10.9. The van der Waals surface area contributed by atoms with Gasteiger partial charge in [-0.1, -0.05) is 24.3 Å². The molecule has 0 radical (unpaired) electrons. The van der Waals surface area contributed by atoms with Crippen molar-refractivity contribution in [3.8, 4) is 11.3 Å². The van der Waals surface area contributed by atoms with Crippen molar-refractivity contribution < 1.29 is 14.4 Å². The second-order valence-corrected chi connectivity index (χ2v) is 8.27. The summed E-state index contributed by atoms with van der Waals surface area (Å²) in [6.45, 7) is 3.78. The van der Waals surface area contributed by atoms with Crippen LogP contribution in [0, 0.1) is 13.8 Å². The van der Waals surface area contributed by atoms with Gasteiger partial charge in [-0.2, -0.15) is 5.10 Å². The molecule has 1 aromatic heterocycles. The highest BCUT2D eigenvalue weighted by Crippen LogP contribution is 2.32. The number of aromatic amines is 1. The van der Waals surface area contributed by atoms with Gasteiger partial charge in [0.15, 0.2) is 0 Å². The first-order valence-corrected chi connectivity index (χ1v) is 10.9. The van der Waals surface area contributed by atoms with Gasteiger partial charge in [-0.3, -0.25) is 19.2 Å².